The lowest BCUT2D eigenvalue weighted by atomic mass is 9.80. The summed E-state index contributed by atoms with van der Waals surface area (Å²) in [6.07, 6.45) is 4.04. The lowest BCUT2D eigenvalue weighted by molar-refractivity contribution is 0.0729. The Morgan fingerprint density at radius 1 is 1.43 bits per heavy atom. The molecule has 2 aliphatic heterocycles. The van der Waals surface area contributed by atoms with Gasteiger partial charge in [0.1, 0.15) is 0 Å². The first-order valence-corrected chi connectivity index (χ1v) is 6.42. The number of thiophene rings is 1. The molecule has 3 atom stereocenters. The van der Waals surface area contributed by atoms with Gasteiger partial charge in [0.25, 0.3) is 0 Å². The van der Waals surface area contributed by atoms with Crippen molar-refractivity contribution in [1.82, 2.24) is 4.90 Å². The second-order valence-electron chi connectivity index (χ2n) is 4.93. The van der Waals surface area contributed by atoms with E-state index in [0.717, 1.165) is 18.0 Å². The number of likely N-dealkylation sites (N-methyl/N-ethyl adjacent to an activating group) is 1. The minimum atomic E-state index is 0.729. The van der Waals surface area contributed by atoms with Crippen LogP contribution in [0.2, 0.25) is 0 Å². The molecule has 1 fully saturated rings. The van der Waals surface area contributed by atoms with Crippen molar-refractivity contribution in [1.29, 1.82) is 0 Å². The van der Waals surface area contributed by atoms with Gasteiger partial charge in [-0.3, -0.25) is 4.90 Å². The third kappa shape index (κ3) is 1.17. The van der Waals surface area contributed by atoms with Crippen molar-refractivity contribution >= 4 is 11.3 Å². The summed E-state index contributed by atoms with van der Waals surface area (Å²) < 4.78 is 0. The number of fused-ring (bicyclic) bond motifs is 4. The van der Waals surface area contributed by atoms with Crippen molar-refractivity contribution in [3.05, 3.63) is 21.9 Å². The van der Waals surface area contributed by atoms with E-state index < -0.39 is 0 Å². The number of hydrogen-bond donors (Lipinski definition) is 0. The fourth-order valence-electron chi connectivity index (χ4n) is 3.11. The molecule has 1 aromatic heterocycles. The standard InChI is InChI=1S/C12H17NS/c1-8-5-10-7-9-3-4-14-12(9)11(6-8)13(10)2/h3-4,8,10-11H,5-7H2,1-2H3. The van der Waals surface area contributed by atoms with E-state index in [0.29, 0.717) is 0 Å². The molecule has 3 rings (SSSR count). The van der Waals surface area contributed by atoms with E-state index in [4.69, 9.17) is 0 Å². The molecular formula is C12H17NS. The van der Waals surface area contributed by atoms with Gasteiger partial charge in [-0.1, -0.05) is 6.92 Å². The Morgan fingerprint density at radius 2 is 2.29 bits per heavy atom. The molecule has 0 aromatic carbocycles. The lowest BCUT2D eigenvalue weighted by Gasteiger charge is -2.46. The summed E-state index contributed by atoms with van der Waals surface area (Å²) in [5.41, 5.74) is 1.63. The van der Waals surface area contributed by atoms with E-state index in [1.807, 2.05) is 11.3 Å². The molecule has 0 radical (unpaired) electrons. The summed E-state index contributed by atoms with van der Waals surface area (Å²) in [6, 6.07) is 3.88. The second kappa shape index (κ2) is 3.07. The van der Waals surface area contributed by atoms with Crippen LogP contribution in [-0.4, -0.2) is 18.0 Å². The Balaban J connectivity index is 2.04. The molecule has 3 heterocycles. The van der Waals surface area contributed by atoms with Crippen LogP contribution in [0.4, 0.5) is 0 Å². The van der Waals surface area contributed by atoms with Gasteiger partial charge in [-0.05, 0) is 49.2 Å². The van der Waals surface area contributed by atoms with Gasteiger partial charge in [0, 0.05) is 17.0 Å². The van der Waals surface area contributed by atoms with Crippen LogP contribution in [0.25, 0.3) is 0 Å². The fourth-order valence-corrected chi connectivity index (χ4v) is 4.21. The highest BCUT2D eigenvalue weighted by molar-refractivity contribution is 7.10. The molecule has 2 bridgehead atoms. The summed E-state index contributed by atoms with van der Waals surface area (Å²) in [4.78, 5) is 4.26. The van der Waals surface area contributed by atoms with Crippen LogP contribution < -0.4 is 0 Å². The van der Waals surface area contributed by atoms with Gasteiger partial charge in [0.05, 0.1) is 0 Å². The molecule has 0 N–H and O–H groups in total. The van der Waals surface area contributed by atoms with Gasteiger partial charge in [0.15, 0.2) is 0 Å². The van der Waals surface area contributed by atoms with Crippen LogP contribution in [0.1, 0.15) is 36.2 Å². The first-order valence-electron chi connectivity index (χ1n) is 5.54. The molecule has 14 heavy (non-hydrogen) atoms. The van der Waals surface area contributed by atoms with Crippen molar-refractivity contribution in [2.45, 2.75) is 38.3 Å². The van der Waals surface area contributed by atoms with Crippen molar-refractivity contribution in [3.63, 3.8) is 0 Å². The quantitative estimate of drug-likeness (QED) is 0.632. The smallest absolute Gasteiger partial charge is 0.0446 e. The molecule has 2 heteroatoms. The predicted octanol–water partition coefficient (Wildman–Crippen LogP) is 3.08. The maximum absolute atomic E-state index is 2.61. The molecular weight excluding hydrogens is 190 g/mol. The van der Waals surface area contributed by atoms with E-state index in [1.165, 1.54) is 19.3 Å². The zero-order chi connectivity index (χ0) is 9.71. The van der Waals surface area contributed by atoms with Crippen LogP contribution in [0, 0.1) is 5.92 Å². The van der Waals surface area contributed by atoms with Crippen LogP contribution in [0.3, 0.4) is 0 Å². The number of nitrogens with zero attached hydrogens (tertiary/aromatic N) is 1. The van der Waals surface area contributed by atoms with Gasteiger partial charge >= 0.3 is 0 Å². The molecule has 1 saturated heterocycles. The number of hydrogen-bond acceptors (Lipinski definition) is 2. The zero-order valence-electron chi connectivity index (χ0n) is 8.86. The summed E-state index contributed by atoms with van der Waals surface area (Å²) in [6.45, 7) is 2.41. The van der Waals surface area contributed by atoms with Crippen molar-refractivity contribution in [2.75, 3.05) is 7.05 Å². The topological polar surface area (TPSA) is 3.24 Å². The molecule has 0 spiro atoms. The van der Waals surface area contributed by atoms with Gasteiger partial charge in [-0.25, -0.2) is 0 Å². The maximum atomic E-state index is 2.61. The Kier molecular flexibility index (Phi) is 1.96. The minimum absolute atomic E-state index is 0.729. The lowest BCUT2D eigenvalue weighted by Crippen LogP contribution is -2.45. The van der Waals surface area contributed by atoms with Crippen molar-refractivity contribution < 1.29 is 0 Å². The van der Waals surface area contributed by atoms with Crippen LogP contribution in [-0.2, 0) is 6.42 Å². The Morgan fingerprint density at radius 3 is 3.14 bits per heavy atom. The minimum Gasteiger partial charge on any atom is -0.295 e. The van der Waals surface area contributed by atoms with Gasteiger partial charge in [0.2, 0.25) is 0 Å². The molecule has 1 nitrogen and oxygen atoms in total. The van der Waals surface area contributed by atoms with Crippen molar-refractivity contribution in [3.8, 4) is 0 Å². The highest BCUT2D eigenvalue weighted by atomic mass is 32.1. The van der Waals surface area contributed by atoms with E-state index in [-0.39, 0.29) is 0 Å². The van der Waals surface area contributed by atoms with E-state index in [9.17, 15) is 0 Å². The molecule has 76 valence electrons. The highest BCUT2D eigenvalue weighted by Gasteiger charge is 2.38. The van der Waals surface area contributed by atoms with Crippen LogP contribution >= 0.6 is 11.3 Å². The monoisotopic (exact) mass is 207 g/mol. The van der Waals surface area contributed by atoms with E-state index in [1.54, 1.807) is 10.4 Å². The molecule has 1 aromatic rings. The summed E-state index contributed by atoms with van der Waals surface area (Å²) in [7, 11) is 2.31. The molecule has 0 aliphatic carbocycles. The number of rotatable bonds is 0. The third-order valence-corrected chi connectivity index (χ3v) is 4.97. The third-order valence-electron chi connectivity index (χ3n) is 3.91. The average molecular weight is 207 g/mol. The first-order chi connectivity index (χ1) is 6.75. The zero-order valence-corrected chi connectivity index (χ0v) is 9.68. The Labute approximate surface area is 89.7 Å². The Bertz CT molecular complexity index is 344. The SMILES string of the molecule is CC1CC2Cc3ccsc3C(C1)N2C. The van der Waals surface area contributed by atoms with Gasteiger partial charge in [-0.15, -0.1) is 11.3 Å². The molecule has 2 aliphatic rings. The first kappa shape index (κ1) is 8.93. The summed E-state index contributed by atoms with van der Waals surface area (Å²) in [5.74, 6) is 0.913. The van der Waals surface area contributed by atoms with E-state index in [2.05, 4.69) is 30.3 Å². The van der Waals surface area contributed by atoms with Gasteiger partial charge < -0.3 is 0 Å². The van der Waals surface area contributed by atoms with Gasteiger partial charge in [-0.2, -0.15) is 0 Å². The normalized spacial score (nSPS) is 36.9. The number of piperidine rings is 1. The molecule has 3 unspecified atom stereocenters. The summed E-state index contributed by atoms with van der Waals surface area (Å²) in [5, 5.41) is 2.27. The van der Waals surface area contributed by atoms with E-state index >= 15 is 0 Å². The molecule has 0 saturated carbocycles. The second-order valence-corrected chi connectivity index (χ2v) is 5.87. The van der Waals surface area contributed by atoms with Crippen molar-refractivity contribution in [2.24, 2.45) is 5.92 Å². The summed E-state index contributed by atoms with van der Waals surface area (Å²) >= 11 is 1.96. The highest BCUT2D eigenvalue weighted by Crippen LogP contribution is 2.44. The van der Waals surface area contributed by atoms with Crippen LogP contribution in [0.15, 0.2) is 11.4 Å². The van der Waals surface area contributed by atoms with Crippen LogP contribution in [0.5, 0.6) is 0 Å². The Hall–Kier alpha value is -0.340. The average Bonchev–Trinajstić information content (AvgIpc) is 2.56. The molecule has 0 amide bonds. The maximum Gasteiger partial charge on any atom is 0.0446 e. The fraction of sp³-hybridized carbons (Fsp3) is 0.667. The largest absolute Gasteiger partial charge is 0.295 e. The predicted molar refractivity (Wildman–Crippen MR) is 60.7 cm³/mol.